The average Bonchev–Trinajstić information content (AvgIpc) is 2.24. The third kappa shape index (κ3) is 3.05. The first-order chi connectivity index (χ1) is 7.57. The molecule has 0 saturated carbocycles. The summed E-state index contributed by atoms with van der Waals surface area (Å²) in [6.07, 6.45) is 2.25. The number of aliphatic hydroxyl groups is 1. The second kappa shape index (κ2) is 6.00. The first-order valence-corrected chi connectivity index (χ1v) is 5.99. The number of halogens is 1. The summed E-state index contributed by atoms with van der Waals surface area (Å²) in [7, 11) is 0. The van der Waals surface area contributed by atoms with Crippen molar-refractivity contribution in [2.45, 2.75) is 26.3 Å². The summed E-state index contributed by atoms with van der Waals surface area (Å²) in [5, 5.41) is 15.8. The Morgan fingerprint density at radius 1 is 1.62 bits per heavy atom. The van der Waals surface area contributed by atoms with Gasteiger partial charge in [0.15, 0.2) is 0 Å². The molecule has 0 aliphatic rings. The van der Waals surface area contributed by atoms with E-state index in [9.17, 15) is 4.79 Å². The van der Waals surface area contributed by atoms with Gasteiger partial charge in [0.25, 0.3) is 5.56 Å². The van der Waals surface area contributed by atoms with E-state index in [4.69, 9.17) is 5.11 Å². The summed E-state index contributed by atoms with van der Waals surface area (Å²) < 4.78 is 1.90. The van der Waals surface area contributed by atoms with Gasteiger partial charge in [-0.05, 0) is 36.2 Å². The van der Waals surface area contributed by atoms with Crippen molar-refractivity contribution in [3.63, 3.8) is 0 Å². The molecular weight excluding hydrogens is 274 g/mol. The van der Waals surface area contributed by atoms with E-state index in [1.165, 1.54) is 4.68 Å². The van der Waals surface area contributed by atoms with Gasteiger partial charge in [0.1, 0.15) is 4.47 Å². The van der Waals surface area contributed by atoms with Gasteiger partial charge in [0, 0.05) is 13.2 Å². The number of hydrogen-bond acceptors (Lipinski definition) is 4. The van der Waals surface area contributed by atoms with Crippen molar-refractivity contribution in [3.05, 3.63) is 21.0 Å². The van der Waals surface area contributed by atoms with Crippen LogP contribution < -0.4 is 10.9 Å². The Labute approximate surface area is 103 Å². The minimum absolute atomic E-state index is 0.0373. The highest BCUT2D eigenvalue weighted by Gasteiger charge is 2.09. The Morgan fingerprint density at radius 2 is 2.31 bits per heavy atom. The first kappa shape index (κ1) is 13.2. The van der Waals surface area contributed by atoms with Crippen LogP contribution in [-0.2, 0) is 0 Å². The smallest absolute Gasteiger partial charge is 0.283 e. The van der Waals surface area contributed by atoms with Gasteiger partial charge in [-0.15, -0.1) is 0 Å². The molecular formula is C10H16BrN3O2. The van der Waals surface area contributed by atoms with Gasteiger partial charge in [0.2, 0.25) is 0 Å². The molecule has 1 aromatic heterocycles. The maximum atomic E-state index is 11.8. The van der Waals surface area contributed by atoms with E-state index in [-0.39, 0.29) is 18.2 Å². The van der Waals surface area contributed by atoms with E-state index in [2.05, 4.69) is 26.3 Å². The molecule has 0 amide bonds. The molecule has 0 spiro atoms. The highest BCUT2D eigenvalue weighted by atomic mass is 79.9. The van der Waals surface area contributed by atoms with Crippen molar-refractivity contribution in [1.82, 2.24) is 9.78 Å². The Morgan fingerprint density at radius 3 is 2.88 bits per heavy atom. The molecule has 6 heteroatoms. The monoisotopic (exact) mass is 289 g/mol. The molecule has 0 atom stereocenters. The van der Waals surface area contributed by atoms with Crippen LogP contribution in [0.3, 0.4) is 0 Å². The number of nitrogens with zero attached hydrogens (tertiary/aromatic N) is 2. The summed E-state index contributed by atoms with van der Waals surface area (Å²) >= 11 is 3.25. The molecule has 5 nitrogen and oxygen atoms in total. The average molecular weight is 290 g/mol. The molecule has 0 bridgehead atoms. The summed E-state index contributed by atoms with van der Waals surface area (Å²) in [5.74, 6) is 0. The minimum Gasteiger partial charge on any atom is -0.396 e. The fraction of sp³-hybridized carbons (Fsp3) is 0.600. The van der Waals surface area contributed by atoms with E-state index in [0.717, 1.165) is 0 Å². The number of nitrogens with one attached hydrogen (secondary N) is 1. The number of anilines is 1. The molecule has 16 heavy (non-hydrogen) atoms. The van der Waals surface area contributed by atoms with E-state index in [1.807, 2.05) is 13.8 Å². The Kier molecular flexibility index (Phi) is 4.95. The molecule has 0 saturated heterocycles. The SMILES string of the molecule is CC(C)n1ncc(NCCCO)c(Br)c1=O. The van der Waals surface area contributed by atoms with Crippen LogP contribution in [0.4, 0.5) is 5.69 Å². The molecule has 90 valence electrons. The van der Waals surface area contributed by atoms with Crippen LogP contribution in [-0.4, -0.2) is 28.0 Å². The Balaban J connectivity index is 2.90. The van der Waals surface area contributed by atoms with Gasteiger partial charge < -0.3 is 10.4 Å². The predicted molar refractivity (Wildman–Crippen MR) is 66.8 cm³/mol. The van der Waals surface area contributed by atoms with Crippen LogP contribution in [0.15, 0.2) is 15.5 Å². The van der Waals surface area contributed by atoms with Gasteiger partial charge in [-0.1, -0.05) is 0 Å². The largest absolute Gasteiger partial charge is 0.396 e. The maximum Gasteiger partial charge on any atom is 0.283 e. The lowest BCUT2D eigenvalue weighted by Gasteiger charge is -2.12. The van der Waals surface area contributed by atoms with Crippen LogP contribution in [0.2, 0.25) is 0 Å². The van der Waals surface area contributed by atoms with Crippen LogP contribution >= 0.6 is 15.9 Å². The lowest BCUT2D eigenvalue weighted by atomic mass is 10.3. The molecule has 2 N–H and O–H groups in total. The lowest BCUT2D eigenvalue weighted by molar-refractivity contribution is 0.292. The third-order valence-electron chi connectivity index (χ3n) is 2.08. The molecule has 1 heterocycles. The van der Waals surface area contributed by atoms with Gasteiger partial charge in [-0.3, -0.25) is 4.79 Å². The summed E-state index contributed by atoms with van der Waals surface area (Å²) in [6.45, 7) is 4.54. The van der Waals surface area contributed by atoms with Crippen molar-refractivity contribution in [3.8, 4) is 0 Å². The van der Waals surface area contributed by atoms with E-state index < -0.39 is 0 Å². The zero-order valence-electron chi connectivity index (χ0n) is 9.40. The van der Waals surface area contributed by atoms with Crippen molar-refractivity contribution >= 4 is 21.6 Å². The first-order valence-electron chi connectivity index (χ1n) is 5.20. The highest BCUT2D eigenvalue weighted by Crippen LogP contribution is 2.16. The molecule has 1 rings (SSSR count). The number of aliphatic hydroxyl groups excluding tert-OH is 1. The van der Waals surface area contributed by atoms with E-state index in [1.54, 1.807) is 6.20 Å². The number of hydrogen-bond donors (Lipinski definition) is 2. The number of rotatable bonds is 5. The second-order valence-corrected chi connectivity index (χ2v) is 4.51. The van der Waals surface area contributed by atoms with Gasteiger partial charge in [0.05, 0.1) is 17.9 Å². The summed E-state index contributed by atoms with van der Waals surface area (Å²) in [6, 6.07) is 0.0373. The quantitative estimate of drug-likeness (QED) is 0.804. The number of aromatic nitrogens is 2. The second-order valence-electron chi connectivity index (χ2n) is 3.72. The normalized spacial score (nSPS) is 10.8. The van der Waals surface area contributed by atoms with Crippen LogP contribution in [0, 0.1) is 0 Å². The maximum absolute atomic E-state index is 11.8. The Hall–Kier alpha value is -0.880. The van der Waals surface area contributed by atoms with Gasteiger partial charge >= 0.3 is 0 Å². The molecule has 1 aromatic rings. The van der Waals surface area contributed by atoms with Crippen molar-refractivity contribution in [2.24, 2.45) is 0 Å². The van der Waals surface area contributed by atoms with E-state index >= 15 is 0 Å². The molecule has 0 radical (unpaired) electrons. The van der Waals surface area contributed by atoms with Crippen LogP contribution in [0.5, 0.6) is 0 Å². The predicted octanol–water partition coefficient (Wildman–Crippen LogP) is 1.38. The van der Waals surface area contributed by atoms with Crippen molar-refractivity contribution < 1.29 is 5.11 Å². The molecule has 0 aromatic carbocycles. The fourth-order valence-corrected chi connectivity index (χ4v) is 1.66. The third-order valence-corrected chi connectivity index (χ3v) is 2.85. The molecule has 0 aliphatic heterocycles. The standard InChI is InChI=1S/C10H16BrN3O2/c1-7(2)14-10(16)9(11)8(6-13-14)12-4-3-5-15/h6-7,12,15H,3-5H2,1-2H3. The topological polar surface area (TPSA) is 67.2 Å². The van der Waals surface area contributed by atoms with Crippen molar-refractivity contribution in [1.29, 1.82) is 0 Å². The Bertz CT molecular complexity index is 404. The summed E-state index contributed by atoms with van der Waals surface area (Å²) in [5.41, 5.74) is 0.513. The fourth-order valence-electron chi connectivity index (χ4n) is 1.24. The highest BCUT2D eigenvalue weighted by molar-refractivity contribution is 9.10. The summed E-state index contributed by atoms with van der Waals surface area (Å²) in [4.78, 5) is 11.8. The van der Waals surface area contributed by atoms with Crippen LogP contribution in [0.1, 0.15) is 26.3 Å². The van der Waals surface area contributed by atoms with E-state index in [0.29, 0.717) is 23.1 Å². The minimum atomic E-state index is -0.149. The zero-order valence-corrected chi connectivity index (χ0v) is 11.0. The lowest BCUT2D eigenvalue weighted by Crippen LogP contribution is -2.26. The van der Waals surface area contributed by atoms with Crippen LogP contribution in [0.25, 0.3) is 0 Å². The molecule has 0 aliphatic carbocycles. The zero-order chi connectivity index (χ0) is 12.1. The van der Waals surface area contributed by atoms with Gasteiger partial charge in [-0.2, -0.15) is 5.10 Å². The molecule has 0 fully saturated rings. The molecule has 0 unspecified atom stereocenters. The van der Waals surface area contributed by atoms with Crippen molar-refractivity contribution in [2.75, 3.05) is 18.5 Å². The van der Waals surface area contributed by atoms with Gasteiger partial charge in [-0.25, -0.2) is 4.68 Å².